The third-order valence-electron chi connectivity index (χ3n) is 4.75. The topological polar surface area (TPSA) is 37.4 Å². The Balaban J connectivity index is 1.89. The minimum Gasteiger partial charge on any atom is -0.383 e. The Bertz CT molecular complexity index is 710. The number of pyridine rings is 1. The van der Waals surface area contributed by atoms with E-state index < -0.39 is 6.43 Å². The molecule has 2 unspecified atom stereocenters. The fourth-order valence-corrected chi connectivity index (χ4v) is 3.69. The maximum atomic E-state index is 13.3. The number of piperidine rings is 1. The Hall–Kier alpha value is -1.79. The molecule has 0 spiro atoms. The highest BCUT2D eigenvalue weighted by molar-refractivity contribution is 5.94. The van der Waals surface area contributed by atoms with Gasteiger partial charge >= 0.3 is 0 Å². The molecule has 1 aliphatic rings. The number of fused-ring (bicyclic) bond motifs is 1. The molecule has 1 aromatic heterocycles. The summed E-state index contributed by atoms with van der Waals surface area (Å²) >= 11 is 0. The van der Waals surface area contributed by atoms with Crippen LogP contribution in [0, 0.1) is 5.92 Å². The second-order valence-electron chi connectivity index (χ2n) is 6.76. The van der Waals surface area contributed by atoms with Crippen LogP contribution in [-0.2, 0) is 4.74 Å². The van der Waals surface area contributed by atoms with Crippen molar-refractivity contribution in [2.45, 2.75) is 25.8 Å². The fraction of sp³-hybridized carbons (Fsp3) is 0.526. The second kappa shape index (κ2) is 8.06. The molecular weight excluding hydrogens is 324 g/mol. The summed E-state index contributed by atoms with van der Waals surface area (Å²) < 4.78 is 31.7. The molecule has 1 saturated heterocycles. The van der Waals surface area contributed by atoms with Crippen LogP contribution in [0.3, 0.4) is 0 Å². The van der Waals surface area contributed by atoms with Crippen molar-refractivity contribution in [2.24, 2.45) is 5.92 Å². The molecule has 1 N–H and O–H groups in total. The molecule has 0 aliphatic carbocycles. The number of nitrogens with zero attached hydrogens (tertiary/aromatic N) is 2. The van der Waals surface area contributed by atoms with Crippen LogP contribution in [0.4, 0.5) is 14.5 Å². The van der Waals surface area contributed by atoms with Crippen LogP contribution in [0.15, 0.2) is 30.5 Å². The van der Waals surface area contributed by atoms with E-state index in [0.29, 0.717) is 24.1 Å². The Labute approximate surface area is 147 Å². The molecular formula is C19H25F2N3O. The first-order valence-corrected chi connectivity index (χ1v) is 8.73. The lowest BCUT2D eigenvalue weighted by molar-refractivity contribution is 0.153. The van der Waals surface area contributed by atoms with Gasteiger partial charge in [-0.25, -0.2) is 8.78 Å². The predicted octanol–water partition coefficient (Wildman–Crippen LogP) is 3.62. The number of aromatic nitrogens is 1. The van der Waals surface area contributed by atoms with Crippen molar-refractivity contribution in [3.63, 3.8) is 0 Å². The zero-order chi connectivity index (χ0) is 17.8. The number of alkyl halides is 2. The van der Waals surface area contributed by atoms with Crippen LogP contribution in [0.1, 0.15) is 25.3 Å². The van der Waals surface area contributed by atoms with Gasteiger partial charge in [0.25, 0.3) is 6.43 Å². The summed E-state index contributed by atoms with van der Waals surface area (Å²) in [5.74, 6) is 0.523. The zero-order valence-corrected chi connectivity index (χ0v) is 14.7. The van der Waals surface area contributed by atoms with Crippen molar-refractivity contribution in [1.82, 2.24) is 10.3 Å². The molecule has 1 aliphatic heterocycles. The maximum Gasteiger partial charge on any atom is 0.265 e. The van der Waals surface area contributed by atoms with Crippen LogP contribution in [-0.4, -0.2) is 44.4 Å². The van der Waals surface area contributed by atoms with E-state index in [9.17, 15) is 8.78 Å². The number of hydrogen-bond donors (Lipinski definition) is 1. The van der Waals surface area contributed by atoms with Crippen LogP contribution in [0.2, 0.25) is 0 Å². The number of rotatable bonds is 6. The Kier molecular flexibility index (Phi) is 5.81. The third kappa shape index (κ3) is 4.07. The summed E-state index contributed by atoms with van der Waals surface area (Å²) in [6.45, 7) is 5.49. The van der Waals surface area contributed by atoms with Crippen molar-refractivity contribution >= 4 is 16.6 Å². The molecule has 0 bridgehead atoms. The quantitative estimate of drug-likeness (QED) is 0.808. The summed E-state index contributed by atoms with van der Waals surface area (Å²) in [6.07, 6.45) is 0.160. The summed E-state index contributed by atoms with van der Waals surface area (Å²) in [4.78, 5) is 6.51. The van der Waals surface area contributed by atoms with Gasteiger partial charge in [-0.1, -0.05) is 6.92 Å². The third-order valence-corrected chi connectivity index (χ3v) is 4.75. The molecule has 136 valence electrons. The molecule has 1 aromatic carbocycles. The normalized spacial score (nSPS) is 21.2. The summed E-state index contributed by atoms with van der Waals surface area (Å²) in [5.41, 5.74) is 1.38. The Morgan fingerprint density at radius 1 is 1.32 bits per heavy atom. The van der Waals surface area contributed by atoms with Crippen LogP contribution >= 0.6 is 0 Å². The fourth-order valence-electron chi connectivity index (χ4n) is 3.69. The maximum absolute atomic E-state index is 13.3. The van der Waals surface area contributed by atoms with E-state index in [1.807, 2.05) is 18.2 Å². The van der Waals surface area contributed by atoms with Crippen molar-refractivity contribution in [3.05, 3.63) is 36.0 Å². The lowest BCUT2D eigenvalue weighted by Gasteiger charge is -2.39. The monoisotopic (exact) mass is 349 g/mol. The molecule has 4 nitrogen and oxygen atoms in total. The molecule has 2 aromatic rings. The van der Waals surface area contributed by atoms with Gasteiger partial charge in [0.05, 0.1) is 12.1 Å². The van der Waals surface area contributed by atoms with Crippen molar-refractivity contribution in [3.8, 4) is 0 Å². The van der Waals surface area contributed by atoms with E-state index in [0.717, 1.165) is 37.1 Å². The molecule has 0 amide bonds. The molecule has 2 atom stereocenters. The van der Waals surface area contributed by atoms with E-state index >= 15 is 0 Å². The van der Waals surface area contributed by atoms with Crippen LogP contribution < -0.4 is 10.2 Å². The number of anilines is 1. The Morgan fingerprint density at radius 3 is 2.92 bits per heavy atom. The average Bonchev–Trinajstić information content (AvgIpc) is 2.60. The van der Waals surface area contributed by atoms with Crippen molar-refractivity contribution in [1.29, 1.82) is 0 Å². The van der Waals surface area contributed by atoms with Gasteiger partial charge in [-0.3, -0.25) is 4.98 Å². The minimum atomic E-state index is -2.52. The van der Waals surface area contributed by atoms with E-state index in [4.69, 9.17) is 4.74 Å². The van der Waals surface area contributed by atoms with Gasteiger partial charge in [0.1, 0.15) is 0 Å². The van der Waals surface area contributed by atoms with E-state index in [1.54, 1.807) is 13.3 Å². The van der Waals surface area contributed by atoms with Gasteiger partial charge in [0, 0.05) is 55.6 Å². The highest BCUT2D eigenvalue weighted by Gasteiger charge is 2.26. The standard InChI is InChI=1S/C19H25F2N3O/c1-13-10-14(22-8-9-25-2)12-24(11-13)17-6-5-16(19(20)21)18-15(17)4-3-7-23-18/h3-7,13-14,19,22H,8-12H2,1-2H3. The number of benzene rings is 1. The average molecular weight is 349 g/mol. The summed E-state index contributed by atoms with van der Waals surface area (Å²) in [6, 6.07) is 7.39. The van der Waals surface area contributed by atoms with E-state index in [-0.39, 0.29) is 5.56 Å². The van der Waals surface area contributed by atoms with Crippen molar-refractivity contribution < 1.29 is 13.5 Å². The smallest absolute Gasteiger partial charge is 0.265 e. The number of ether oxygens (including phenoxy) is 1. The van der Waals surface area contributed by atoms with E-state index in [1.165, 1.54) is 6.07 Å². The first-order chi connectivity index (χ1) is 12.1. The number of methoxy groups -OCH3 is 1. The minimum absolute atomic E-state index is 0.000762. The number of nitrogens with one attached hydrogen (secondary N) is 1. The predicted molar refractivity (Wildman–Crippen MR) is 96.4 cm³/mol. The van der Waals surface area contributed by atoms with E-state index in [2.05, 4.69) is 22.1 Å². The second-order valence-corrected chi connectivity index (χ2v) is 6.76. The highest BCUT2D eigenvalue weighted by atomic mass is 19.3. The van der Waals surface area contributed by atoms with Crippen LogP contribution in [0.25, 0.3) is 10.9 Å². The Morgan fingerprint density at radius 2 is 2.16 bits per heavy atom. The zero-order valence-electron chi connectivity index (χ0n) is 14.7. The lowest BCUT2D eigenvalue weighted by atomic mass is 9.94. The molecule has 0 saturated carbocycles. The first kappa shape index (κ1) is 18.0. The van der Waals surface area contributed by atoms with Crippen molar-refractivity contribution in [2.75, 3.05) is 38.3 Å². The number of hydrogen-bond acceptors (Lipinski definition) is 4. The largest absolute Gasteiger partial charge is 0.383 e. The molecule has 25 heavy (non-hydrogen) atoms. The van der Waals surface area contributed by atoms with Gasteiger partial charge in [0.2, 0.25) is 0 Å². The highest BCUT2D eigenvalue weighted by Crippen LogP contribution is 2.34. The number of halogens is 2. The molecule has 2 heterocycles. The summed E-state index contributed by atoms with van der Waals surface area (Å²) in [5, 5.41) is 4.32. The van der Waals surface area contributed by atoms with Gasteiger partial charge in [-0.2, -0.15) is 0 Å². The molecule has 1 fully saturated rings. The summed E-state index contributed by atoms with van der Waals surface area (Å²) in [7, 11) is 1.70. The van der Waals surface area contributed by atoms with Crippen LogP contribution in [0.5, 0.6) is 0 Å². The molecule has 3 rings (SSSR count). The van der Waals surface area contributed by atoms with Gasteiger partial charge < -0.3 is 15.0 Å². The SMILES string of the molecule is COCCNC1CC(C)CN(c2ccc(C(F)F)c3ncccc23)C1. The lowest BCUT2D eigenvalue weighted by Crippen LogP contribution is -2.49. The van der Waals surface area contributed by atoms with Gasteiger partial charge in [0.15, 0.2) is 0 Å². The van der Waals surface area contributed by atoms with Gasteiger partial charge in [-0.15, -0.1) is 0 Å². The molecule has 0 radical (unpaired) electrons. The molecule has 6 heteroatoms. The first-order valence-electron chi connectivity index (χ1n) is 8.73. The van der Waals surface area contributed by atoms with Gasteiger partial charge in [-0.05, 0) is 36.6 Å².